The minimum Gasteiger partial charge on any atom is -0.314 e. The van der Waals surface area contributed by atoms with Crippen LogP contribution in [-0.4, -0.2) is 37.3 Å². The molecule has 1 saturated heterocycles. The van der Waals surface area contributed by atoms with Gasteiger partial charge in [0, 0.05) is 38.6 Å². The maximum absolute atomic E-state index is 12.6. The van der Waals surface area contributed by atoms with Gasteiger partial charge in [0.25, 0.3) is 0 Å². The lowest BCUT2D eigenvalue weighted by atomic mass is 9.94. The summed E-state index contributed by atoms with van der Waals surface area (Å²) in [4.78, 5) is 2.18. The fraction of sp³-hybridized carbons (Fsp3) is 0.625. The van der Waals surface area contributed by atoms with Gasteiger partial charge in [-0.3, -0.25) is 4.90 Å². The summed E-state index contributed by atoms with van der Waals surface area (Å²) in [5.74, 6) is 0. The van der Waals surface area contributed by atoms with Crippen LogP contribution in [0.3, 0.4) is 0 Å². The number of hydrogen-bond donors (Lipinski definition) is 1. The molecular formula is C16H25Cl2F3N2. The first kappa shape index (κ1) is 22.5. The van der Waals surface area contributed by atoms with E-state index in [1.165, 1.54) is 0 Å². The summed E-state index contributed by atoms with van der Waals surface area (Å²) in [6, 6.07) is 5.91. The molecule has 0 aliphatic carbocycles. The molecule has 23 heavy (non-hydrogen) atoms. The van der Waals surface area contributed by atoms with Crippen LogP contribution in [0.15, 0.2) is 18.2 Å². The van der Waals surface area contributed by atoms with Crippen molar-refractivity contribution in [2.75, 3.05) is 26.2 Å². The zero-order valence-electron chi connectivity index (χ0n) is 13.4. The van der Waals surface area contributed by atoms with Crippen LogP contribution in [0.4, 0.5) is 13.2 Å². The van der Waals surface area contributed by atoms with E-state index in [2.05, 4.69) is 10.2 Å². The van der Waals surface area contributed by atoms with E-state index in [1.54, 1.807) is 0 Å². The Morgan fingerprint density at radius 3 is 2.30 bits per heavy atom. The lowest BCUT2D eigenvalue weighted by Crippen LogP contribution is -2.45. The van der Waals surface area contributed by atoms with Gasteiger partial charge in [0.05, 0.1) is 0 Å². The molecule has 7 heteroatoms. The highest BCUT2D eigenvalue weighted by atomic mass is 35.5. The number of piperazine rings is 1. The van der Waals surface area contributed by atoms with E-state index in [9.17, 15) is 13.2 Å². The molecule has 1 heterocycles. The molecular weight excluding hydrogens is 348 g/mol. The smallest absolute Gasteiger partial charge is 0.314 e. The number of hydrogen-bond acceptors (Lipinski definition) is 2. The summed E-state index contributed by atoms with van der Waals surface area (Å²) in [6.07, 6.45) is -4.69. The number of aryl methyl sites for hydroxylation is 2. The lowest BCUT2D eigenvalue weighted by Gasteiger charge is -2.36. The van der Waals surface area contributed by atoms with E-state index in [-0.39, 0.29) is 37.3 Å². The van der Waals surface area contributed by atoms with Gasteiger partial charge in [0.2, 0.25) is 0 Å². The molecule has 1 fully saturated rings. The Hall–Kier alpha value is -0.490. The maximum atomic E-state index is 12.6. The number of halogens is 5. The Labute approximate surface area is 148 Å². The summed E-state index contributed by atoms with van der Waals surface area (Å²) in [5, 5.41) is 3.26. The van der Waals surface area contributed by atoms with E-state index >= 15 is 0 Å². The van der Waals surface area contributed by atoms with E-state index in [0.29, 0.717) is 0 Å². The molecule has 0 radical (unpaired) electrons. The van der Waals surface area contributed by atoms with Crippen molar-refractivity contribution >= 4 is 24.8 Å². The predicted octanol–water partition coefficient (Wildman–Crippen LogP) is 4.44. The third kappa shape index (κ3) is 6.87. The Morgan fingerprint density at radius 1 is 1.13 bits per heavy atom. The third-order valence-corrected chi connectivity index (χ3v) is 4.09. The van der Waals surface area contributed by atoms with Crippen molar-refractivity contribution in [1.82, 2.24) is 10.2 Å². The highest BCUT2D eigenvalue weighted by molar-refractivity contribution is 5.85. The molecule has 1 aromatic rings. The highest BCUT2D eigenvalue weighted by Gasteiger charge is 2.31. The zero-order valence-corrected chi connectivity index (χ0v) is 15.1. The van der Waals surface area contributed by atoms with Gasteiger partial charge in [-0.05, 0) is 31.4 Å². The van der Waals surface area contributed by atoms with Gasteiger partial charge in [-0.15, -0.1) is 24.8 Å². The molecule has 1 aliphatic heterocycles. The summed E-state index contributed by atoms with van der Waals surface area (Å²) >= 11 is 0. The number of nitrogens with one attached hydrogen (secondary N) is 1. The Balaban J connectivity index is 0.00000242. The van der Waals surface area contributed by atoms with Crippen LogP contribution in [0.25, 0.3) is 0 Å². The molecule has 1 aromatic carbocycles. The van der Waals surface area contributed by atoms with Crippen LogP contribution in [0.2, 0.25) is 0 Å². The number of nitrogens with zero attached hydrogens (tertiary/aromatic N) is 1. The fourth-order valence-electron chi connectivity index (χ4n) is 2.95. The molecule has 1 atom stereocenters. The van der Waals surface area contributed by atoms with Crippen molar-refractivity contribution < 1.29 is 13.2 Å². The standard InChI is InChI=1S/C16H23F3N2.2ClH/c1-12-3-4-13(2)14(11-12)15(5-6-16(17,18)19)21-9-7-20-8-10-21;;/h3-4,11,15,20H,5-10H2,1-2H3;2*1H/t15-;;/m0../s1. The van der Waals surface area contributed by atoms with Crippen molar-refractivity contribution in [3.05, 3.63) is 34.9 Å². The second-order valence-electron chi connectivity index (χ2n) is 5.82. The molecule has 134 valence electrons. The van der Waals surface area contributed by atoms with Gasteiger partial charge >= 0.3 is 6.18 Å². The van der Waals surface area contributed by atoms with Crippen LogP contribution >= 0.6 is 24.8 Å². The number of rotatable bonds is 4. The normalized spacial score (nSPS) is 17.1. The topological polar surface area (TPSA) is 15.3 Å². The predicted molar refractivity (Wildman–Crippen MR) is 92.9 cm³/mol. The average molecular weight is 373 g/mol. The largest absolute Gasteiger partial charge is 0.389 e. The molecule has 0 saturated carbocycles. The maximum Gasteiger partial charge on any atom is 0.389 e. The molecule has 2 rings (SSSR count). The summed E-state index contributed by atoms with van der Waals surface area (Å²) in [5.41, 5.74) is 3.22. The van der Waals surface area contributed by atoms with E-state index in [0.717, 1.165) is 42.9 Å². The fourth-order valence-corrected chi connectivity index (χ4v) is 2.95. The molecule has 0 bridgehead atoms. The summed E-state index contributed by atoms with van der Waals surface area (Å²) in [6.45, 7) is 7.26. The Kier molecular flexibility index (Phi) is 9.51. The molecule has 1 N–H and O–H groups in total. The minimum atomic E-state index is -4.09. The first-order valence-electron chi connectivity index (χ1n) is 7.45. The quantitative estimate of drug-likeness (QED) is 0.840. The van der Waals surface area contributed by atoms with Gasteiger partial charge in [0.1, 0.15) is 0 Å². The second kappa shape index (κ2) is 9.72. The van der Waals surface area contributed by atoms with Gasteiger partial charge in [-0.25, -0.2) is 0 Å². The Bertz CT molecular complexity index is 475. The van der Waals surface area contributed by atoms with Gasteiger partial charge in [0.15, 0.2) is 0 Å². The third-order valence-electron chi connectivity index (χ3n) is 4.09. The lowest BCUT2D eigenvalue weighted by molar-refractivity contribution is -0.138. The summed E-state index contributed by atoms with van der Waals surface area (Å²) in [7, 11) is 0. The van der Waals surface area contributed by atoms with E-state index in [4.69, 9.17) is 0 Å². The minimum absolute atomic E-state index is 0. The van der Waals surface area contributed by atoms with Crippen LogP contribution in [0.5, 0.6) is 0 Å². The highest BCUT2D eigenvalue weighted by Crippen LogP contribution is 2.33. The van der Waals surface area contributed by atoms with E-state index in [1.807, 2.05) is 32.0 Å². The van der Waals surface area contributed by atoms with Crippen molar-refractivity contribution in [2.45, 2.75) is 38.9 Å². The van der Waals surface area contributed by atoms with Crippen LogP contribution in [-0.2, 0) is 0 Å². The zero-order chi connectivity index (χ0) is 15.5. The van der Waals surface area contributed by atoms with Crippen LogP contribution in [0, 0.1) is 13.8 Å². The van der Waals surface area contributed by atoms with Crippen molar-refractivity contribution in [2.24, 2.45) is 0 Å². The van der Waals surface area contributed by atoms with Crippen molar-refractivity contribution in [1.29, 1.82) is 0 Å². The van der Waals surface area contributed by atoms with Gasteiger partial charge in [-0.2, -0.15) is 13.2 Å². The molecule has 1 aliphatic rings. The molecule has 0 spiro atoms. The molecule has 0 unspecified atom stereocenters. The molecule has 0 amide bonds. The number of benzene rings is 1. The summed E-state index contributed by atoms with van der Waals surface area (Å²) < 4.78 is 37.9. The van der Waals surface area contributed by atoms with Crippen LogP contribution in [0.1, 0.15) is 35.6 Å². The average Bonchev–Trinajstić information content (AvgIpc) is 2.43. The second-order valence-corrected chi connectivity index (χ2v) is 5.82. The van der Waals surface area contributed by atoms with Crippen molar-refractivity contribution in [3.63, 3.8) is 0 Å². The monoisotopic (exact) mass is 372 g/mol. The molecule has 0 aromatic heterocycles. The first-order chi connectivity index (χ1) is 9.87. The Morgan fingerprint density at radius 2 is 1.74 bits per heavy atom. The number of alkyl halides is 3. The molecule has 2 nitrogen and oxygen atoms in total. The van der Waals surface area contributed by atoms with Crippen LogP contribution < -0.4 is 5.32 Å². The van der Waals surface area contributed by atoms with E-state index < -0.39 is 12.6 Å². The first-order valence-corrected chi connectivity index (χ1v) is 7.45. The SMILES string of the molecule is Cc1ccc(C)c([C@H](CCC(F)(F)F)N2CCNCC2)c1.Cl.Cl. The van der Waals surface area contributed by atoms with Gasteiger partial charge in [-0.1, -0.05) is 23.8 Å². The van der Waals surface area contributed by atoms with Gasteiger partial charge < -0.3 is 5.32 Å². The van der Waals surface area contributed by atoms with Crippen molar-refractivity contribution in [3.8, 4) is 0 Å².